The Labute approximate surface area is 198 Å². The van der Waals surface area contributed by atoms with Gasteiger partial charge in [-0.3, -0.25) is 14.2 Å². The molecule has 1 unspecified atom stereocenters. The molecule has 186 valence electrons. The van der Waals surface area contributed by atoms with Gasteiger partial charge in [0, 0.05) is 49.5 Å². The van der Waals surface area contributed by atoms with Crippen LogP contribution >= 0.6 is 0 Å². The maximum atomic E-state index is 12.6. The van der Waals surface area contributed by atoms with Gasteiger partial charge in [0.2, 0.25) is 0 Å². The van der Waals surface area contributed by atoms with Gasteiger partial charge in [-0.15, -0.1) is 0 Å². The molecule has 0 aromatic heterocycles. The number of hydrogen-bond donors (Lipinski definition) is 3. The van der Waals surface area contributed by atoms with Gasteiger partial charge < -0.3 is 10.6 Å². The SMILES string of the molecule is CN(C(=O)c1ccc(N)cc1)C1CCN(C2CCCCC2)C1.O=S(=O)(O)NC1CCCCC1. The molecule has 0 bridgehead atoms. The van der Waals surface area contributed by atoms with Crippen LogP contribution in [-0.2, 0) is 10.3 Å². The van der Waals surface area contributed by atoms with Gasteiger partial charge in [-0.05, 0) is 56.4 Å². The fourth-order valence-electron chi connectivity index (χ4n) is 5.29. The van der Waals surface area contributed by atoms with Gasteiger partial charge in [0.15, 0.2) is 0 Å². The van der Waals surface area contributed by atoms with E-state index in [1.165, 1.54) is 38.5 Å². The number of rotatable bonds is 5. The highest BCUT2D eigenvalue weighted by atomic mass is 32.2. The number of likely N-dealkylation sites (tertiary alicyclic amines) is 1. The molecule has 4 rings (SSSR count). The van der Waals surface area contributed by atoms with Crippen molar-refractivity contribution < 1.29 is 17.8 Å². The molecule has 2 saturated carbocycles. The lowest BCUT2D eigenvalue weighted by atomic mass is 9.94. The molecule has 9 heteroatoms. The molecular weight excluding hydrogens is 440 g/mol. The van der Waals surface area contributed by atoms with Crippen molar-refractivity contribution in [2.75, 3.05) is 25.9 Å². The van der Waals surface area contributed by atoms with Gasteiger partial charge in [-0.2, -0.15) is 13.1 Å². The van der Waals surface area contributed by atoms with E-state index < -0.39 is 10.3 Å². The highest BCUT2D eigenvalue weighted by Crippen LogP contribution is 2.27. The molecule has 2 aliphatic carbocycles. The van der Waals surface area contributed by atoms with Gasteiger partial charge in [-0.25, -0.2) is 0 Å². The van der Waals surface area contributed by atoms with Crippen LogP contribution < -0.4 is 10.5 Å². The Morgan fingerprint density at radius 3 is 2.15 bits per heavy atom. The summed E-state index contributed by atoms with van der Waals surface area (Å²) < 4.78 is 31.3. The highest BCUT2D eigenvalue weighted by molar-refractivity contribution is 7.83. The number of likely N-dealkylation sites (N-methyl/N-ethyl adjacent to an activating group) is 1. The number of carbonyl (C=O) groups is 1. The molecule has 1 atom stereocenters. The molecule has 1 saturated heterocycles. The van der Waals surface area contributed by atoms with Crippen molar-refractivity contribution >= 4 is 21.9 Å². The van der Waals surface area contributed by atoms with Crippen LogP contribution in [0.15, 0.2) is 24.3 Å². The van der Waals surface area contributed by atoms with Gasteiger partial charge in [0.25, 0.3) is 5.91 Å². The molecular formula is C24H40N4O4S. The number of amides is 1. The number of hydrogen-bond acceptors (Lipinski definition) is 5. The van der Waals surface area contributed by atoms with Crippen molar-refractivity contribution in [3.05, 3.63) is 29.8 Å². The van der Waals surface area contributed by atoms with Crippen molar-refractivity contribution in [2.24, 2.45) is 0 Å². The van der Waals surface area contributed by atoms with Crippen LogP contribution in [0.1, 0.15) is 81.0 Å². The van der Waals surface area contributed by atoms with Crippen molar-refractivity contribution in [2.45, 2.75) is 88.8 Å². The normalized spacial score (nSPS) is 23.0. The maximum Gasteiger partial charge on any atom is 0.333 e. The van der Waals surface area contributed by atoms with Crippen LogP contribution in [0.25, 0.3) is 0 Å². The quantitative estimate of drug-likeness (QED) is 0.439. The average Bonchev–Trinajstić information content (AvgIpc) is 3.30. The van der Waals surface area contributed by atoms with Gasteiger partial charge in [0.05, 0.1) is 0 Å². The molecule has 0 radical (unpaired) electrons. The Morgan fingerprint density at radius 2 is 1.58 bits per heavy atom. The number of benzene rings is 1. The van der Waals surface area contributed by atoms with E-state index in [2.05, 4.69) is 9.62 Å². The molecule has 1 aliphatic heterocycles. The summed E-state index contributed by atoms with van der Waals surface area (Å²) in [6.07, 6.45) is 12.9. The zero-order valence-electron chi connectivity index (χ0n) is 19.8. The van der Waals surface area contributed by atoms with E-state index in [-0.39, 0.29) is 11.9 Å². The summed E-state index contributed by atoms with van der Waals surface area (Å²) in [6.45, 7) is 2.16. The lowest BCUT2D eigenvalue weighted by Crippen LogP contribution is -2.41. The minimum absolute atomic E-state index is 0.0428. The molecule has 1 aromatic rings. The van der Waals surface area contributed by atoms with Crippen molar-refractivity contribution in [1.82, 2.24) is 14.5 Å². The smallest absolute Gasteiger partial charge is 0.333 e. The number of nitrogens with one attached hydrogen (secondary N) is 1. The fraction of sp³-hybridized carbons (Fsp3) is 0.708. The molecule has 4 N–H and O–H groups in total. The first-order valence-electron chi connectivity index (χ1n) is 12.3. The zero-order chi connectivity index (χ0) is 23.8. The summed E-state index contributed by atoms with van der Waals surface area (Å²) in [4.78, 5) is 17.1. The highest BCUT2D eigenvalue weighted by Gasteiger charge is 2.32. The number of anilines is 1. The van der Waals surface area contributed by atoms with Crippen LogP contribution in [0.4, 0.5) is 5.69 Å². The van der Waals surface area contributed by atoms with E-state index in [4.69, 9.17) is 10.3 Å². The predicted octanol–water partition coefficient (Wildman–Crippen LogP) is 3.46. The first-order chi connectivity index (χ1) is 15.7. The lowest BCUT2D eigenvalue weighted by molar-refractivity contribution is 0.0726. The Balaban J connectivity index is 0.000000235. The minimum atomic E-state index is -3.97. The van der Waals surface area contributed by atoms with E-state index in [9.17, 15) is 13.2 Å². The molecule has 1 aromatic carbocycles. The van der Waals surface area contributed by atoms with Crippen LogP contribution in [-0.4, -0.2) is 66.9 Å². The third kappa shape index (κ3) is 8.24. The van der Waals surface area contributed by atoms with Gasteiger partial charge in [-0.1, -0.05) is 38.5 Å². The standard InChI is InChI=1S/C18H27N3O.C6H13NO3S/c1-20(18(22)14-7-9-15(19)10-8-14)17-11-12-21(13-17)16-5-3-2-4-6-16;8-11(9,10)7-6-4-2-1-3-5-6/h7-10,16-17H,2-6,11-13,19H2,1H3;6-7H,1-5H2,(H,8,9,10). The summed E-state index contributed by atoms with van der Waals surface area (Å²) in [6, 6.07) is 8.28. The molecule has 1 heterocycles. The van der Waals surface area contributed by atoms with E-state index in [0.717, 1.165) is 56.8 Å². The van der Waals surface area contributed by atoms with Gasteiger partial charge in [0.1, 0.15) is 0 Å². The Morgan fingerprint density at radius 1 is 1.00 bits per heavy atom. The minimum Gasteiger partial charge on any atom is -0.399 e. The number of nitrogens with two attached hydrogens (primary N) is 1. The Kier molecular flexibility index (Phi) is 9.55. The van der Waals surface area contributed by atoms with Crippen LogP contribution in [0.5, 0.6) is 0 Å². The number of nitrogens with zero attached hydrogens (tertiary/aromatic N) is 2. The van der Waals surface area contributed by atoms with Crippen molar-refractivity contribution in [3.8, 4) is 0 Å². The number of carbonyl (C=O) groups excluding carboxylic acids is 1. The summed E-state index contributed by atoms with van der Waals surface area (Å²) in [5, 5.41) is 0. The monoisotopic (exact) mass is 480 g/mol. The van der Waals surface area contributed by atoms with Crippen LogP contribution in [0, 0.1) is 0 Å². The van der Waals surface area contributed by atoms with Crippen molar-refractivity contribution in [1.29, 1.82) is 0 Å². The molecule has 33 heavy (non-hydrogen) atoms. The summed E-state index contributed by atoms with van der Waals surface area (Å²) in [5.74, 6) is 0.107. The topological polar surface area (TPSA) is 116 Å². The largest absolute Gasteiger partial charge is 0.399 e. The summed E-state index contributed by atoms with van der Waals surface area (Å²) in [5.41, 5.74) is 7.12. The second-order valence-corrected chi connectivity index (χ2v) is 10.9. The lowest BCUT2D eigenvalue weighted by Gasteiger charge is -2.32. The maximum absolute atomic E-state index is 12.6. The Bertz CT molecular complexity index is 850. The molecule has 0 spiro atoms. The van der Waals surface area contributed by atoms with E-state index in [1.54, 1.807) is 12.1 Å². The summed E-state index contributed by atoms with van der Waals surface area (Å²) >= 11 is 0. The van der Waals surface area contributed by atoms with Crippen LogP contribution in [0.2, 0.25) is 0 Å². The fourth-order valence-corrected chi connectivity index (χ4v) is 5.95. The Hall–Kier alpha value is -1.68. The third-order valence-corrected chi connectivity index (χ3v) is 7.86. The number of nitrogen functional groups attached to an aromatic ring is 1. The third-order valence-electron chi connectivity index (χ3n) is 7.23. The molecule has 8 nitrogen and oxygen atoms in total. The molecule has 1 amide bonds. The zero-order valence-corrected chi connectivity index (χ0v) is 20.6. The first-order valence-corrected chi connectivity index (χ1v) is 13.8. The van der Waals surface area contributed by atoms with Crippen molar-refractivity contribution in [3.63, 3.8) is 0 Å². The summed E-state index contributed by atoms with van der Waals surface area (Å²) in [7, 11) is -2.04. The molecule has 3 fully saturated rings. The average molecular weight is 481 g/mol. The second kappa shape index (κ2) is 12.1. The molecule has 3 aliphatic rings. The predicted molar refractivity (Wildman–Crippen MR) is 131 cm³/mol. The van der Waals surface area contributed by atoms with E-state index in [0.29, 0.717) is 11.7 Å². The second-order valence-electron chi connectivity index (χ2n) is 9.70. The van der Waals surface area contributed by atoms with E-state index >= 15 is 0 Å². The van der Waals surface area contributed by atoms with Crippen LogP contribution in [0.3, 0.4) is 0 Å². The van der Waals surface area contributed by atoms with Gasteiger partial charge >= 0.3 is 10.3 Å². The van der Waals surface area contributed by atoms with E-state index in [1.807, 2.05) is 24.1 Å². The first kappa shape index (κ1) is 25.9.